The first-order valence-corrected chi connectivity index (χ1v) is 4.14. The van der Waals surface area contributed by atoms with Crippen LogP contribution in [0.1, 0.15) is 12.8 Å². The lowest BCUT2D eigenvalue weighted by atomic mass is 10.2. The van der Waals surface area contributed by atoms with Gasteiger partial charge in [0.1, 0.15) is 0 Å². The van der Waals surface area contributed by atoms with Crippen LogP contribution in [0, 0.1) is 0 Å². The van der Waals surface area contributed by atoms with Crippen LogP contribution < -0.4 is 0 Å². The van der Waals surface area contributed by atoms with Crippen molar-refractivity contribution in [3.8, 4) is 0 Å². The summed E-state index contributed by atoms with van der Waals surface area (Å²) in [5.41, 5.74) is 0.0507. The van der Waals surface area contributed by atoms with Gasteiger partial charge in [0.25, 0.3) is 0 Å². The third kappa shape index (κ3) is 5.31. The summed E-state index contributed by atoms with van der Waals surface area (Å²) in [4.78, 5) is 21.8. The van der Waals surface area contributed by atoms with Gasteiger partial charge in [0, 0.05) is 18.6 Å². The van der Waals surface area contributed by atoms with Crippen LogP contribution in [0.4, 0.5) is 0 Å². The Bertz CT molecular complexity index is 221. The molecule has 14 heavy (non-hydrogen) atoms. The number of hydrogen-bond donors (Lipinski definition) is 1. The maximum Gasteiger partial charge on any atom is 0.333 e. The van der Waals surface area contributed by atoms with Crippen molar-refractivity contribution in [1.82, 2.24) is 0 Å². The molecule has 0 amide bonds. The van der Waals surface area contributed by atoms with Crippen molar-refractivity contribution >= 4 is 11.9 Å². The second-order valence-electron chi connectivity index (χ2n) is 2.57. The third-order valence-corrected chi connectivity index (χ3v) is 1.41. The minimum Gasteiger partial charge on any atom is -0.469 e. The highest BCUT2D eigenvalue weighted by Crippen LogP contribution is 2.02. The van der Waals surface area contributed by atoms with Crippen LogP contribution in [-0.4, -0.2) is 37.4 Å². The Morgan fingerprint density at radius 2 is 2.07 bits per heavy atom. The predicted molar refractivity (Wildman–Crippen MR) is 48.4 cm³/mol. The monoisotopic (exact) mass is 202 g/mol. The van der Waals surface area contributed by atoms with Crippen molar-refractivity contribution in [2.45, 2.75) is 12.8 Å². The van der Waals surface area contributed by atoms with E-state index in [1.165, 1.54) is 7.11 Å². The van der Waals surface area contributed by atoms with E-state index in [4.69, 9.17) is 5.11 Å². The van der Waals surface area contributed by atoms with Gasteiger partial charge in [0.05, 0.1) is 20.1 Å². The lowest BCUT2D eigenvalue weighted by Crippen LogP contribution is -2.12. The lowest BCUT2D eigenvalue weighted by Gasteiger charge is -2.04. The number of aliphatic hydroxyl groups excluding tert-OH is 1. The summed E-state index contributed by atoms with van der Waals surface area (Å²) in [6.45, 7) is 3.46. The van der Waals surface area contributed by atoms with E-state index in [1.807, 2.05) is 0 Å². The van der Waals surface area contributed by atoms with Gasteiger partial charge < -0.3 is 14.6 Å². The smallest absolute Gasteiger partial charge is 0.333 e. The first-order valence-electron chi connectivity index (χ1n) is 4.14. The van der Waals surface area contributed by atoms with Crippen LogP contribution in [0.15, 0.2) is 12.2 Å². The zero-order valence-electron chi connectivity index (χ0n) is 8.12. The fourth-order valence-corrected chi connectivity index (χ4v) is 0.650. The van der Waals surface area contributed by atoms with Crippen molar-refractivity contribution in [2.24, 2.45) is 0 Å². The molecule has 0 atom stereocenters. The van der Waals surface area contributed by atoms with E-state index in [9.17, 15) is 9.59 Å². The summed E-state index contributed by atoms with van der Waals surface area (Å²) >= 11 is 0. The van der Waals surface area contributed by atoms with Gasteiger partial charge in [-0.25, -0.2) is 4.79 Å². The Morgan fingerprint density at radius 1 is 1.43 bits per heavy atom. The summed E-state index contributed by atoms with van der Waals surface area (Å²) in [6.07, 6.45) is 0.200. The number of carbonyl (C=O) groups is 2. The Hall–Kier alpha value is -1.36. The van der Waals surface area contributed by atoms with Crippen LogP contribution in [0.2, 0.25) is 0 Å². The number of rotatable bonds is 6. The number of carbonyl (C=O) groups excluding carboxylic acids is 2. The molecule has 0 heterocycles. The second kappa shape index (κ2) is 7.08. The maximum atomic E-state index is 11.1. The standard InChI is InChI=1S/C9H14O5/c1-7(6-8(11)13-2)9(12)14-5-3-4-10/h10H,1,3-6H2,2H3. The van der Waals surface area contributed by atoms with E-state index in [2.05, 4.69) is 16.1 Å². The van der Waals surface area contributed by atoms with Gasteiger partial charge in [-0.2, -0.15) is 0 Å². The van der Waals surface area contributed by atoms with Crippen LogP contribution in [0.25, 0.3) is 0 Å². The molecule has 0 aromatic heterocycles. The Labute approximate surface area is 82.3 Å². The van der Waals surface area contributed by atoms with E-state index in [1.54, 1.807) is 0 Å². The van der Waals surface area contributed by atoms with Gasteiger partial charge in [-0.3, -0.25) is 4.79 Å². The van der Waals surface area contributed by atoms with Gasteiger partial charge in [-0.1, -0.05) is 6.58 Å². The van der Waals surface area contributed by atoms with Gasteiger partial charge >= 0.3 is 11.9 Å². The molecule has 0 aromatic carbocycles. The van der Waals surface area contributed by atoms with E-state index < -0.39 is 11.9 Å². The van der Waals surface area contributed by atoms with E-state index in [-0.39, 0.29) is 25.2 Å². The first kappa shape index (κ1) is 12.6. The topological polar surface area (TPSA) is 72.8 Å². The highest BCUT2D eigenvalue weighted by molar-refractivity contribution is 5.93. The lowest BCUT2D eigenvalue weighted by molar-refractivity contribution is -0.144. The van der Waals surface area contributed by atoms with E-state index in [0.29, 0.717) is 6.42 Å². The van der Waals surface area contributed by atoms with E-state index >= 15 is 0 Å². The van der Waals surface area contributed by atoms with Crippen LogP contribution in [0.5, 0.6) is 0 Å². The molecule has 5 heteroatoms. The average Bonchev–Trinajstić information content (AvgIpc) is 2.17. The molecule has 1 N–H and O–H groups in total. The molecular weight excluding hydrogens is 188 g/mol. The molecule has 0 spiro atoms. The summed E-state index contributed by atoms with van der Waals surface area (Å²) in [7, 11) is 1.23. The molecule has 0 saturated carbocycles. The molecule has 0 aliphatic rings. The molecule has 0 fully saturated rings. The third-order valence-electron chi connectivity index (χ3n) is 1.41. The van der Waals surface area contributed by atoms with Gasteiger partial charge in [0.2, 0.25) is 0 Å². The molecule has 0 bridgehead atoms. The first-order chi connectivity index (χ1) is 6.61. The molecule has 0 radical (unpaired) electrons. The Kier molecular flexibility index (Phi) is 6.39. The number of aliphatic hydroxyl groups is 1. The fraction of sp³-hybridized carbons (Fsp3) is 0.556. The fourth-order valence-electron chi connectivity index (χ4n) is 0.650. The number of methoxy groups -OCH3 is 1. The zero-order valence-corrected chi connectivity index (χ0v) is 8.12. The molecule has 0 aliphatic carbocycles. The summed E-state index contributed by atoms with van der Waals surface area (Å²) < 4.78 is 9.03. The molecule has 80 valence electrons. The highest BCUT2D eigenvalue weighted by atomic mass is 16.5. The highest BCUT2D eigenvalue weighted by Gasteiger charge is 2.12. The van der Waals surface area contributed by atoms with Crippen molar-refractivity contribution < 1.29 is 24.2 Å². The van der Waals surface area contributed by atoms with Gasteiger partial charge in [-0.15, -0.1) is 0 Å². The summed E-state index contributed by atoms with van der Waals surface area (Å²) in [5.74, 6) is -1.17. The quantitative estimate of drug-likeness (QED) is 0.374. The van der Waals surface area contributed by atoms with Crippen molar-refractivity contribution in [3.63, 3.8) is 0 Å². The molecule has 0 aromatic rings. The number of esters is 2. The van der Waals surface area contributed by atoms with Crippen LogP contribution in [-0.2, 0) is 19.1 Å². The molecular formula is C9H14O5. The van der Waals surface area contributed by atoms with Crippen LogP contribution >= 0.6 is 0 Å². The van der Waals surface area contributed by atoms with E-state index in [0.717, 1.165) is 0 Å². The molecule has 0 rings (SSSR count). The Balaban J connectivity index is 3.77. The number of ether oxygens (including phenoxy) is 2. The average molecular weight is 202 g/mol. The minimum atomic E-state index is -0.635. The number of hydrogen-bond acceptors (Lipinski definition) is 5. The zero-order chi connectivity index (χ0) is 11.0. The summed E-state index contributed by atoms with van der Waals surface area (Å²) in [5, 5.41) is 8.41. The Morgan fingerprint density at radius 3 is 2.57 bits per heavy atom. The van der Waals surface area contributed by atoms with Gasteiger partial charge in [-0.05, 0) is 0 Å². The second-order valence-corrected chi connectivity index (χ2v) is 2.57. The maximum absolute atomic E-state index is 11.1. The van der Waals surface area contributed by atoms with Crippen LogP contribution in [0.3, 0.4) is 0 Å². The normalized spacial score (nSPS) is 9.29. The van der Waals surface area contributed by atoms with Crippen molar-refractivity contribution in [1.29, 1.82) is 0 Å². The SMILES string of the molecule is C=C(CC(=O)OC)C(=O)OCCCO. The minimum absolute atomic E-state index is 0.0449. The largest absolute Gasteiger partial charge is 0.469 e. The molecule has 5 nitrogen and oxygen atoms in total. The van der Waals surface area contributed by atoms with Crippen molar-refractivity contribution in [2.75, 3.05) is 20.3 Å². The molecule has 0 saturated heterocycles. The van der Waals surface area contributed by atoms with Gasteiger partial charge in [0.15, 0.2) is 0 Å². The molecule has 0 aliphatic heterocycles. The predicted octanol–water partition coefficient (Wildman–Crippen LogP) is 0.0313. The molecule has 0 unspecified atom stereocenters. The van der Waals surface area contributed by atoms with Crippen molar-refractivity contribution in [3.05, 3.63) is 12.2 Å². The summed E-state index contributed by atoms with van der Waals surface area (Å²) in [6, 6.07) is 0.